The van der Waals surface area contributed by atoms with E-state index in [9.17, 15) is 14.0 Å². The number of piperazine rings is 1. The first-order valence-corrected chi connectivity index (χ1v) is 8.73. The molecule has 0 aliphatic carbocycles. The molecule has 2 rings (SSSR count). The van der Waals surface area contributed by atoms with Gasteiger partial charge in [0.1, 0.15) is 11.6 Å². The minimum Gasteiger partial charge on any atom is -0.494 e. The number of amides is 2. The highest BCUT2D eigenvalue weighted by atomic mass is 19.1. The van der Waals surface area contributed by atoms with E-state index in [1.54, 1.807) is 12.1 Å². The van der Waals surface area contributed by atoms with E-state index >= 15 is 0 Å². The Morgan fingerprint density at radius 3 is 2.16 bits per heavy atom. The maximum absolute atomic E-state index is 12.8. The maximum atomic E-state index is 12.8. The molecule has 25 heavy (non-hydrogen) atoms. The Labute approximate surface area is 148 Å². The standard InChI is InChI=1S/C19H27FN2O3/c1-19(2,3)18(24)22-12-10-21(11-13-22)17(23)5-4-14-25-16-8-6-15(20)7-9-16/h6-9H,4-5,10-14H2,1-3H3. The van der Waals surface area contributed by atoms with Gasteiger partial charge in [-0.1, -0.05) is 20.8 Å². The third-order valence-corrected chi connectivity index (χ3v) is 4.18. The number of hydrogen-bond acceptors (Lipinski definition) is 3. The minimum atomic E-state index is -0.385. The summed E-state index contributed by atoms with van der Waals surface area (Å²) in [5.41, 5.74) is -0.385. The highest BCUT2D eigenvalue weighted by Crippen LogP contribution is 2.19. The van der Waals surface area contributed by atoms with Crippen LogP contribution >= 0.6 is 0 Å². The molecule has 138 valence electrons. The molecular formula is C19H27FN2O3. The summed E-state index contributed by atoms with van der Waals surface area (Å²) in [6.45, 7) is 8.50. The Kier molecular flexibility index (Phi) is 6.39. The molecule has 5 nitrogen and oxygen atoms in total. The van der Waals surface area contributed by atoms with E-state index in [0.29, 0.717) is 51.4 Å². The van der Waals surface area contributed by atoms with Crippen LogP contribution in [-0.4, -0.2) is 54.4 Å². The van der Waals surface area contributed by atoms with Crippen LogP contribution in [0.25, 0.3) is 0 Å². The summed E-state index contributed by atoms with van der Waals surface area (Å²) in [6, 6.07) is 5.84. The zero-order chi connectivity index (χ0) is 18.4. The number of ether oxygens (including phenoxy) is 1. The van der Waals surface area contributed by atoms with Crippen LogP contribution in [0.2, 0.25) is 0 Å². The molecule has 1 aliphatic heterocycles. The van der Waals surface area contributed by atoms with Crippen molar-refractivity contribution in [2.24, 2.45) is 5.41 Å². The predicted octanol–water partition coefficient (Wildman–Crippen LogP) is 2.70. The zero-order valence-corrected chi connectivity index (χ0v) is 15.3. The Balaban J connectivity index is 1.67. The zero-order valence-electron chi connectivity index (χ0n) is 15.3. The smallest absolute Gasteiger partial charge is 0.228 e. The molecule has 0 unspecified atom stereocenters. The van der Waals surface area contributed by atoms with Crippen LogP contribution in [0.15, 0.2) is 24.3 Å². The quantitative estimate of drug-likeness (QED) is 0.767. The average Bonchev–Trinajstić information content (AvgIpc) is 2.58. The van der Waals surface area contributed by atoms with Crippen molar-refractivity contribution in [3.8, 4) is 5.75 Å². The van der Waals surface area contributed by atoms with E-state index in [-0.39, 0.29) is 23.0 Å². The van der Waals surface area contributed by atoms with Crippen molar-refractivity contribution >= 4 is 11.8 Å². The number of rotatable bonds is 5. The first kappa shape index (κ1) is 19.2. The number of hydrogen-bond donors (Lipinski definition) is 0. The summed E-state index contributed by atoms with van der Waals surface area (Å²) in [5, 5.41) is 0. The van der Waals surface area contributed by atoms with Gasteiger partial charge in [-0.25, -0.2) is 4.39 Å². The van der Waals surface area contributed by atoms with Crippen molar-refractivity contribution in [1.29, 1.82) is 0 Å². The van der Waals surface area contributed by atoms with Crippen molar-refractivity contribution in [3.63, 3.8) is 0 Å². The number of carbonyl (C=O) groups is 2. The van der Waals surface area contributed by atoms with Gasteiger partial charge in [0, 0.05) is 38.0 Å². The van der Waals surface area contributed by atoms with Crippen LogP contribution in [0.3, 0.4) is 0 Å². The largest absolute Gasteiger partial charge is 0.494 e. The molecule has 1 heterocycles. The van der Waals surface area contributed by atoms with E-state index < -0.39 is 0 Å². The van der Waals surface area contributed by atoms with Crippen molar-refractivity contribution < 1.29 is 18.7 Å². The van der Waals surface area contributed by atoms with E-state index in [1.807, 2.05) is 30.6 Å². The molecule has 0 spiro atoms. The van der Waals surface area contributed by atoms with Crippen LogP contribution in [0.5, 0.6) is 5.75 Å². The molecule has 1 fully saturated rings. The van der Waals surface area contributed by atoms with Crippen LogP contribution in [-0.2, 0) is 9.59 Å². The molecule has 0 radical (unpaired) electrons. The lowest BCUT2D eigenvalue weighted by atomic mass is 9.94. The fourth-order valence-corrected chi connectivity index (χ4v) is 2.74. The van der Waals surface area contributed by atoms with Gasteiger partial charge in [0.25, 0.3) is 0 Å². The number of benzene rings is 1. The molecular weight excluding hydrogens is 323 g/mol. The van der Waals surface area contributed by atoms with Crippen molar-refractivity contribution in [2.45, 2.75) is 33.6 Å². The number of nitrogens with zero attached hydrogens (tertiary/aromatic N) is 2. The lowest BCUT2D eigenvalue weighted by molar-refractivity contribution is -0.145. The second-order valence-electron chi connectivity index (χ2n) is 7.33. The SMILES string of the molecule is CC(C)(C)C(=O)N1CCN(C(=O)CCCOc2ccc(F)cc2)CC1. The molecule has 0 atom stereocenters. The number of halogens is 1. The molecule has 0 aromatic heterocycles. The van der Waals surface area contributed by atoms with Gasteiger partial charge in [0.05, 0.1) is 6.61 Å². The van der Waals surface area contributed by atoms with Gasteiger partial charge in [-0.05, 0) is 30.7 Å². The summed E-state index contributed by atoms with van der Waals surface area (Å²) in [5.74, 6) is 0.521. The number of carbonyl (C=O) groups excluding carboxylic acids is 2. The third kappa shape index (κ3) is 5.73. The van der Waals surface area contributed by atoms with Gasteiger partial charge in [0.2, 0.25) is 11.8 Å². The first-order valence-electron chi connectivity index (χ1n) is 8.73. The van der Waals surface area contributed by atoms with Crippen LogP contribution < -0.4 is 4.74 Å². The third-order valence-electron chi connectivity index (χ3n) is 4.18. The Morgan fingerprint density at radius 1 is 1.04 bits per heavy atom. The molecule has 0 saturated carbocycles. The second kappa shape index (κ2) is 8.32. The van der Waals surface area contributed by atoms with Gasteiger partial charge >= 0.3 is 0 Å². The molecule has 1 aliphatic rings. The van der Waals surface area contributed by atoms with Gasteiger partial charge in [-0.3, -0.25) is 9.59 Å². The summed E-state index contributed by atoms with van der Waals surface area (Å²) in [6.07, 6.45) is 1.02. The predicted molar refractivity (Wildman–Crippen MR) is 93.7 cm³/mol. The highest BCUT2D eigenvalue weighted by molar-refractivity contribution is 5.82. The van der Waals surface area contributed by atoms with Gasteiger partial charge in [-0.2, -0.15) is 0 Å². The Hall–Kier alpha value is -2.11. The minimum absolute atomic E-state index is 0.0885. The Bertz CT molecular complexity index is 588. The van der Waals surface area contributed by atoms with Crippen molar-refractivity contribution in [3.05, 3.63) is 30.1 Å². The average molecular weight is 350 g/mol. The fourth-order valence-electron chi connectivity index (χ4n) is 2.74. The van der Waals surface area contributed by atoms with E-state index in [1.165, 1.54) is 12.1 Å². The molecule has 1 aromatic carbocycles. The second-order valence-corrected chi connectivity index (χ2v) is 7.33. The van der Waals surface area contributed by atoms with Gasteiger partial charge in [-0.15, -0.1) is 0 Å². The summed E-state index contributed by atoms with van der Waals surface area (Å²) < 4.78 is 18.3. The summed E-state index contributed by atoms with van der Waals surface area (Å²) >= 11 is 0. The molecule has 1 saturated heterocycles. The van der Waals surface area contributed by atoms with E-state index in [0.717, 1.165) is 0 Å². The van der Waals surface area contributed by atoms with Crippen LogP contribution in [0.4, 0.5) is 4.39 Å². The lowest BCUT2D eigenvalue weighted by Gasteiger charge is -2.37. The van der Waals surface area contributed by atoms with Gasteiger partial charge < -0.3 is 14.5 Å². The molecule has 2 amide bonds. The molecule has 6 heteroatoms. The maximum Gasteiger partial charge on any atom is 0.228 e. The van der Waals surface area contributed by atoms with E-state index in [2.05, 4.69) is 0 Å². The summed E-state index contributed by atoms with van der Waals surface area (Å²) in [4.78, 5) is 28.1. The van der Waals surface area contributed by atoms with Crippen molar-refractivity contribution in [2.75, 3.05) is 32.8 Å². The van der Waals surface area contributed by atoms with E-state index in [4.69, 9.17) is 4.74 Å². The van der Waals surface area contributed by atoms with Crippen LogP contribution in [0.1, 0.15) is 33.6 Å². The van der Waals surface area contributed by atoms with Crippen LogP contribution in [0, 0.1) is 11.2 Å². The van der Waals surface area contributed by atoms with Crippen molar-refractivity contribution in [1.82, 2.24) is 9.80 Å². The molecule has 0 N–H and O–H groups in total. The summed E-state index contributed by atoms with van der Waals surface area (Å²) in [7, 11) is 0. The molecule has 0 bridgehead atoms. The van der Waals surface area contributed by atoms with Gasteiger partial charge in [0.15, 0.2) is 0 Å². The normalized spacial score (nSPS) is 15.2. The highest BCUT2D eigenvalue weighted by Gasteiger charge is 2.30. The fraction of sp³-hybridized carbons (Fsp3) is 0.579. The topological polar surface area (TPSA) is 49.9 Å². The molecule has 1 aromatic rings. The monoisotopic (exact) mass is 350 g/mol. The Morgan fingerprint density at radius 2 is 1.60 bits per heavy atom. The lowest BCUT2D eigenvalue weighted by Crippen LogP contribution is -2.53. The first-order chi connectivity index (χ1) is 11.8.